The molecule has 3 N–H and O–H groups in total. The van der Waals surface area contributed by atoms with Crippen molar-refractivity contribution in [2.45, 2.75) is 6.92 Å². The number of hydrogen-bond donors (Lipinski definition) is 3. The lowest BCUT2D eigenvalue weighted by atomic mass is 10.2. The zero-order valence-corrected chi connectivity index (χ0v) is 15.3. The SMILES string of the molecule is CCNC(=S)Nc1ccc2ncc(Nc3cc(C#N)ccc3Cl)nc2n1. The second-order valence-electron chi connectivity index (χ2n) is 5.21. The number of aromatic nitrogens is 3. The third kappa shape index (κ3) is 4.14. The molecule has 0 amide bonds. The summed E-state index contributed by atoms with van der Waals surface area (Å²) >= 11 is 11.3. The molecule has 0 bridgehead atoms. The lowest BCUT2D eigenvalue weighted by Gasteiger charge is -2.10. The van der Waals surface area contributed by atoms with Crippen molar-refractivity contribution in [2.75, 3.05) is 17.2 Å². The van der Waals surface area contributed by atoms with Gasteiger partial charge >= 0.3 is 0 Å². The maximum atomic E-state index is 9.02. The van der Waals surface area contributed by atoms with E-state index in [1.165, 1.54) is 0 Å². The number of nitrogens with zero attached hydrogens (tertiary/aromatic N) is 4. The van der Waals surface area contributed by atoms with E-state index in [1.54, 1.807) is 36.5 Å². The van der Waals surface area contributed by atoms with Gasteiger partial charge in [-0.15, -0.1) is 0 Å². The van der Waals surface area contributed by atoms with Crippen LogP contribution in [0.1, 0.15) is 12.5 Å². The van der Waals surface area contributed by atoms with Gasteiger partial charge in [-0.1, -0.05) is 11.6 Å². The van der Waals surface area contributed by atoms with E-state index in [9.17, 15) is 0 Å². The fraction of sp³-hybridized carbons (Fsp3) is 0.118. The molecule has 0 aliphatic carbocycles. The molecule has 3 rings (SSSR count). The Morgan fingerprint density at radius 3 is 2.81 bits per heavy atom. The molecule has 26 heavy (non-hydrogen) atoms. The molecule has 3 aromatic rings. The fourth-order valence-electron chi connectivity index (χ4n) is 2.18. The Labute approximate surface area is 160 Å². The van der Waals surface area contributed by atoms with Crippen LogP contribution in [0, 0.1) is 11.3 Å². The Kier molecular flexibility index (Phi) is 5.41. The molecule has 0 aliphatic heterocycles. The van der Waals surface area contributed by atoms with Gasteiger partial charge in [0, 0.05) is 6.54 Å². The average molecular weight is 384 g/mol. The van der Waals surface area contributed by atoms with Crippen molar-refractivity contribution in [3.63, 3.8) is 0 Å². The first-order chi connectivity index (χ1) is 12.6. The summed E-state index contributed by atoms with van der Waals surface area (Å²) in [6.45, 7) is 2.67. The highest BCUT2D eigenvalue weighted by Gasteiger charge is 2.07. The van der Waals surface area contributed by atoms with E-state index in [2.05, 4.69) is 37.0 Å². The van der Waals surface area contributed by atoms with Crippen LogP contribution in [0.2, 0.25) is 5.02 Å². The predicted molar refractivity (Wildman–Crippen MR) is 107 cm³/mol. The largest absolute Gasteiger partial charge is 0.363 e. The Balaban J connectivity index is 1.88. The number of fused-ring (bicyclic) bond motifs is 1. The first-order valence-electron chi connectivity index (χ1n) is 7.74. The molecule has 1 aromatic carbocycles. The van der Waals surface area contributed by atoms with Crippen molar-refractivity contribution in [1.29, 1.82) is 5.26 Å². The van der Waals surface area contributed by atoms with E-state index in [0.717, 1.165) is 6.54 Å². The van der Waals surface area contributed by atoms with Crippen molar-refractivity contribution < 1.29 is 0 Å². The molecular formula is C17H14ClN7S. The van der Waals surface area contributed by atoms with Crippen LogP contribution >= 0.6 is 23.8 Å². The molecule has 0 fully saturated rings. The maximum absolute atomic E-state index is 9.02. The summed E-state index contributed by atoms with van der Waals surface area (Å²) in [6.07, 6.45) is 1.58. The molecule has 2 aromatic heterocycles. The van der Waals surface area contributed by atoms with Gasteiger partial charge in [-0.3, -0.25) is 0 Å². The molecule has 0 spiro atoms. The topological polar surface area (TPSA) is 98.6 Å². The molecule has 130 valence electrons. The van der Waals surface area contributed by atoms with Crippen LogP contribution < -0.4 is 16.0 Å². The van der Waals surface area contributed by atoms with Gasteiger partial charge in [0.2, 0.25) is 0 Å². The van der Waals surface area contributed by atoms with E-state index in [1.807, 2.05) is 6.92 Å². The molecule has 0 radical (unpaired) electrons. The quantitative estimate of drug-likeness (QED) is 0.588. The smallest absolute Gasteiger partial charge is 0.182 e. The van der Waals surface area contributed by atoms with Gasteiger partial charge in [-0.2, -0.15) is 5.26 Å². The molecule has 0 saturated carbocycles. The fourth-order valence-corrected chi connectivity index (χ4v) is 2.59. The molecule has 0 atom stereocenters. The number of rotatable bonds is 4. The maximum Gasteiger partial charge on any atom is 0.182 e. The second-order valence-corrected chi connectivity index (χ2v) is 6.03. The number of nitriles is 1. The van der Waals surface area contributed by atoms with Gasteiger partial charge in [0.25, 0.3) is 0 Å². The highest BCUT2D eigenvalue weighted by Crippen LogP contribution is 2.26. The molecule has 9 heteroatoms. The number of anilines is 3. The number of pyridine rings is 1. The summed E-state index contributed by atoms with van der Waals surface area (Å²) < 4.78 is 0. The summed E-state index contributed by atoms with van der Waals surface area (Å²) in [5.74, 6) is 1.04. The summed E-state index contributed by atoms with van der Waals surface area (Å²) in [4.78, 5) is 13.2. The first-order valence-corrected chi connectivity index (χ1v) is 8.53. The van der Waals surface area contributed by atoms with Crippen LogP contribution in [0.15, 0.2) is 36.5 Å². The highest BCUT2D eigenvalue weighted by atomic mass is 35.5. The van der Waals surface area contributed by atoms with Crippen LogP contribution in [0.3, 0.4) is 0 Å². The van der Waals surface area contributed by atoms with E-state index in [4.69, 9.17) is 29.1 Å². The Morgan fingerprint density at radius 2 is 2.04 bits per heavy atom. The minimum Gasteiger partial charge on any atom is -0.363 e. The molecule has 0 saturated heterocycles. The van der Waals surface area contributed by atoms with Crippen molar-refractivity contribution in [2.24, 2.45) is 0 Å². The highest BCUT2D eigenvalue weighted by molar-refractivity contribution is 7.80. The average Bonchev–Trinajstić information content (AvgIpc) is 2.63. The minimum atomic E-state index is 0.451. The Hall–Kier alpha value is -3.02. The van der Waals surface area contributed by atoms with E-state index >= 15 is 0 Å². The van der Waals surface area contributed by atoms with Gasteiger partial charge in [-0.25, -0.2) is 15.0 Å². The first kappa shape index (κ1) is 17.8. The third-order valence-electron chi connectivity index (χ3n) is 3.34. The molecule has 2 heterocycles. The van der Waals surface area contributed by atoms with Crippen LogP contribution in [0.25, 0.3) is 11.2 Å². The second kappa shape index (κ2) is 7.91. The van der Waals surface area contributed by atoms with Gasteiger partial charge in [-0.05, 0) is 49.5 Å². The molecule has 7 nitrogen and oxygen atoms in total. The lowest BCUT2D eigenvalue weighted by Crippen LogP contribution is -2.28. The van der Waals surface area contributed by atoms with Gasteiger partial charge in [0.15, 0.2) is 16.6 Å². The van der Waals surface area contributed by atoms with Gasteiger partial charge < -0.3 is 16.0 Å². The summed E-state index contributed by atoms with van der Waals surface area (Å²) in [5, 5.41) is 19.0. The van der Waals surface area contributed by atoms with Crippen molar-refractivity contribution in [1.82, 2.24) is 20.3 Å². The van der Waals surface area contributed by atoms with Crippen molar-refractivity contribution in [3.05, 3.63) is 47.1 Å². The van der Waals surface area contributed by atoms with Crippen LogP contribution in [-0.4, -0.2) is 26.6 Å². The number of nitrogens with one attached hydrogen (secondary N) is 3. The summed E-state index contributed by atoms with van der Waals surface area (Å²) in [6, 6.07) is 10.6. The Bertz CT molecular complexity index is 1020. The predicted octanol–water partition coefficient (Wildman–Crippen LogP) is 3.60. The zero-order chi connectivity index (χ0) is 18.5. The standard InChI is InChI=1S/C17H14ClN7S/c1-2-20-17(26)25-14-6-5-12-16(23-14)24-15(9-21-12)22-13-7-10(8-19)3-4-11(13)18/h3-7,9H,2H2,1H3,(H3,20,22,23,24,25,26). The van der Waals surface area contributed by atoms with E-state index in [-0.39, 0.29) is 0 Å². The van der Waals surface area contributed by atoms with E-state index in [0.29, 0.717) is 44.2 Å². The molecular weight excluding hydrogens is 370 g/mol. The van der Waals surface area contributed by atoms with E-state index < -0.39 is 0 Å². The minimum absolute atomic E-state index is 0.451. The number of benzene rings is 1. The van der Waals surface area contributed by atoms with Crippen LogP contribution in [-0.2, 0) is 0 Å². The molecule has 0 aliphatic rings. The van der Waals surface area contributed by atoms with Crippen molar-refractivity contribution in [3.8, 4) is 6.07 Å². The summed E-state index contributed by atoms with van der Waals surface area (Å²) in [5.41, 5.74) is 2.16. The van der Waals surface area contributed by atoms with Crippen molar-refractivity contribution >= 4 is 57.4 Å². The number of halogens is 1. The van der Waals surface area contributed by atoms with Gasteiger partial charge in [0.1, 0.15) is 11.3 Å². The Morgan fingerprint density at radius 1 is 1.23 bits per heavy atom. The monoisotopic (exact) mass is 383 g/mol. The van der Waals surface area contributed by atoms with Gasteiger partial charge in [0.05, 0.1) is 28.5 Å². The lowest BCUT2D eigenvalue weighted by molar-refractivity contribution is 0.978. The molecule has 0 unspecified atom stereocenters. The number of hydrogen-bond acceptors (Lipinski definition) is 6. The third-order valence-corrected chi connectivity index (χ3v) is 3.92. The van der Waals surface area contributed by atoms with Crippen LogP contribution in [0.5, 0.6) is 0 Å². The normalized spacial score (nSPS) is 10.2. The number of thiocarbonyl (C=S) groups is 1. The summed E-state index contributed by atoms with van der Waals surface area (Å²) in [7, 11) is 0. The van der Waals surface area contributed by atoms with Crippen LogP contribution in [0.4, 0.5) is 17.3 Å². The zero-order valence-electron chi connectivity index (χ0n) is 13.7.